The first-order valence-electron chi connectivity index (χ1n) is 4.97. The smallest absolute Gasteiger partial charge is 0.276 e. The Hall–Kier alpha value is -1.03. The fourth-order valence-corrected chi connectivity index (χ4v) is 1.52. The molecule has 0 aliphatic carbocycles. The van der Waals surface area contributed by atoms with Gasteiger partial charge >= 0.3 is 0 Å². The summed E-state index contributed by atoms with van der Waals surface area (Å²) >= 11 is 5.63. The minimum atomic E-state index is -0.116. The van der Waals surface area contributed by atoms with E-state index < -0.39 is 0 Å². The number of rotatable bonds is 5. The molecule has 0 aromatic carbocycles. The Morgan fingerprint density at radius 1 is 1.60 bits per heavy atom. The second-order valence-electron chi connectivity index (χ2n) is 3.30. The Morgan fingerprint density at radius 3 is 2.80 bits per heavy atom. The SMILES string of the molecule is CCCN(CCCl)C(=O)c1cc(C)on1. The summed E-state index contributed by atoms with van der Waals surface area (Å²) in [5, 5.41) is 3.69. The molecular weight excluding hydrogens is 216 g/mol. The third-order valence-corrected chi connectivity index (χ3v) is 2.15. The van der Waals surface area contributed by atoms with Gasteiger partial charge in [-0.2, -0.15) is 0 Å². The summed E-state index contributed by atoms with van der Waals surface area (Å²) in [5.41, 5.74) is 0.353. The van der Waals surface area contributed by atoms with E-state index in [0.717, 1.165) is 6.42 Å². The highest BCUT2D eigenvalue weighted by Gasteiger charge is 2.17. The third-order valence-electron chi connectivity index (χ3n) is 1.98. The van der Waals surface area contributed by atoms with Gasteiger partial charge in [-0.05, 0) is 13.3 Å². The Balaban J connectivity index is 2.71. The standard InChI is InChI=1S/C10H15ClN2O2/c1-3-5-13(6-4-11)10(14)9-7-8(2)15-12-9/h7H,3-6H2,1-2H3. The molecule has 1 amide bonds. The van der Waals surface area contributed by atoms with E-state index in [9.17, 15) is 4.79 Å². The second kappa shape index (κ2) is 5.75. The van der Waals surface area contributed by atoms with Crippen molar-refractivity contribution in [3.63, 3.8) is 0 Å². The molecule has 5 heteroatoms. The molecule has 0 fully saturated rings. The van der Waals surface area contributed by atoms with E-state index in [2.05, 4.69) is 5.16 Å². The lowest BCUT2D eigenvalue weighted by molar-refractivity contribution is 0.0755. The van der Waals surface area contributed by atoms with Crippen LogP contribution in [-0.2, 0) is 0 Å². The predicted octanol–water partition coefficient (Wildman–Crippen LogP) is 2.07. The summed E-state index contributed by atoms with van der Waals surface area (Å²) in [6.07, 6.45) is 0.902. The molecule has 0 saturated carbocycles. The number of nitrogens with zero attached hydrogens (tertiary/aromatic N) is 2. The van der Waals surface area contributed by atoms with Crippen molar-refractivity contribution in [1.82, 2.24) is 10.1 Å². The van der Waals surface area contributed by atoms with Crippen LogP contribution in [0, 0.1) is 6.92 Å². The zero-order chi connectivity index (χ0) is 11.3. The number of carbonyl (C=O) groups excluding carboxylic acids is 1. The normalized spacial score (nSPS) is 10.3. The molecular formula is C10H15ClN2O2. The van der Waals surface area contributed by atoms with Crippen molar-refractivity contribution in [2.45, 2.75) is 20.3 Å². The van der Waals surface area contributed by atoms with Crippen LogP contribution >= 0.6 is 11.6 Å². The number of carbonyl (C=O) groups is 1. The number of aryl methyl sites for hydroxylation is 1. The van der Waals surface area contributed by atoms with Crippen molar-refractivity contribution in [1.29, 1.82) is 0 Å². The van der Waals surface area contributed by atoms with E-state index >= 15 is 0 Å². The molecule has 0 aliphatic heterocycles. The Labute approximate surface area is 94.2 Å². The number of amides is 1. The predicted molar refractivity (Wildman–Crippen MR) is 58.2 cm³/mol. The molecule has 0 saturated heterocycles. The lowest BCUT2D eigenvalue weighted by Gasteiger charge is -2.19. The van der Waals surface area contributed by atoms with Gasteiger partial charge < -0.3 is 9.42 Å². The first-order chi connectivity index (χ1) is 7.19. The first-order valence-corrected chi connectivity index (χ1v) is 5.51. The van der Waals surface area contributed by atoms with E-state index in [1.807, 2.05) is 6.92 Å². The van der Waals surface area contributed by atoms with Crippen molar-refractivity contribution < 1.29 is 9.32 Å². The molecule has 1 aromatic heterocycles. The second-order valence-corrected chi connectivity index (χ2v) is 3.68. The maximum absolute atomic E-state index is 11.9. The molecule has 0 radical (unpaired) electrons. The van der Waals surface area contributed by atoms with E-state index in [1.54, 1.807) is 17.9 Å². The van der Waals surface area contributed by atoms with Gasteiger partial charge in [-0.25, -0.2) is 0 Å². The molecule has 0 bridgehead atoms. The molecule has 4 nitrogen and oxygen atoms in total. The van der Waals surface area contributed by atoms with Gasteiger partial charge in [0, 0.05) is 25.0 Å². The maximum atomic E-state index is 11.9. The molecule has 0 spiro atoms. The third kappa shape index (κ3) is 3.23. The maximum Gasteiger partial charge on any atom is 0.276 e. The van der Waals surface area contributed by atoms with Gasteiger partial charge in [0.2, 0.25) is 0 Å². The fraction of sp³-hybridized carbons (Fsp3) is 0.600. The monoisotopic (exact) mass is 230 g/mol. The summed E-state index contributed by atoms with van der Waals surface area (Å²) in [7, 11) is 0. The van der Waals surface area contributed by atoms with Gasteiger partial charge in [0.25, 0.3) is 5.91 Å². The van der Waals surface area contributed by atoms with E-state index in [0.29, 0.717) is 30.4 Å². The van der Waals surface area contributed by atoms with E-state index in [4.69, 9.17) is 16.1 Å². The molecule has 0 N–H and O–H groups in total. The van der Waals surface area contributed by atoms with Gasteiger partial charge in [-0.15, -0.1) is 11.6 Å². The quantitative estimate of drug-likeness (QED) is 0.728. The molecule has 1 heterocycles. The summed E-state index contributed by atoms with van der Waals surface area (Å²) in [5.74, 6) is 0.956. The Morgan fingerprint density at radius 2 is 2.33 bits per heavy atom. The fourth-order valence-electron chi connectivity index (χ4n) is 1.32. The van der Waals surface area contributed by atoms with Gasteiger partial charge in [-0.1, -0.05) is 12.1 Å². The summed E-state index contributed by atoms with van der Waals surface area (Å²) < 4.78 is 4.86. The molecule has 0 aliphatic rings. The van der Waals surface area contributed by atoms with Gasteiger partial charge in [-0.3, -0.25) is 4.79 Å². The number of hydrogen-bond acceptors (Lipinski definition) is 3. The lowest BCUT2D eigenvalue weighted by Crippen LogP contribution is -2.33. The molecule has 0 unspecified atom stereocenters. The largest absolute Gasteiger partial charge is 0.361 e. The van der Waals surface area contributed by atoms with Crippen molar-refractivity contribution in [2.24, 2.45) is 0 Å². The highest BCUT2D eigenvalue weighted by molar-refractivity contribution is 6.18. The summed E-state index contributed by atoms with van der Waals surface area (Å²) in [6, 6.07) is 1.64. The van der Waals surface area contributed by atoms with Crippen molar-refractivity contribution in [3.8, 4) is 0 Å². The number of halogens is 1. The van der Waals surface area contributed by atoms with Crippen LogP contribution in [0.4, 0.5) is 0 Å². The van der Waals surface area contributed by atoms with E-state index in [1.165, 1.54) is 0 Å². The minimum absolute atomic E-state index is 0.116. The van der Waals surface area contributed by atoms with Crippen LogP contribution in [0.5, 0.6) is 0 Å². The number of alkyl halides is 1. The topological polar surface area (TPSA) is 46.3 Å². The van der Waals surface area contributed by atoms with Crippen molar-refractivity contribution in [2.75, 3.05) is 19.0 Å². The highest BCUT2D eigenvalue weighted by Crippen LogP contribution is 2.06. The number of aromatic nitrogens is 1. The van der Waals surface area contributed by atoms with Gasteiger partial charge in [0.15, 0.2) is 5.69 Å². The molecule has 15 heavy (non-hydrogen) atoms. The molecule has 1 aromatic rings. The van der Waals surface area contributed by atoms with Crippen LogP contribution in [0.2, 0.25) is 0 Å². The van der Waals surface area contributed by atoms with Crippen LogP contribution < -0.4 is 0 Å². The van der Waals surface area contributed by atoms with Crippen LogP contribution in [0.1, 0.15) is 29.6 Å². The van der Waals surface area contributed by atoms with Crippen LogP contribution in [0.15, 0.2) is 10.6 Å². The van der Waals surface area contributed by atoms with Crippen LogP contribution in [-0.4, -0.2) is 34.9 Å². The average Bonchev–Trinajstić information content (AvgIpc) is 2.63. The van der Waals surface area contributed by atoms with Gasteiger partial charge in [0.05, 0.1) is 0 Å². The van der Waals surface area contributed by atoms with Gasteiger partial charge in [0.1, 0.15) is 5.76 Å². The highest BCUT2D eigenvalue weighted by atomic mass is 35.5. The Bertz CT molecular complexity index is 319. The Kier molecular flexibility index (Phi) is 4.62. The molecule has 0 atom stereocenters. The molecule has 84 valence electrons. The first kappa shape index (κ1) is 12.0. The van der Waals surface area contributed by atoms with Crippen LogP contribution in [0.25, 0.3) is 0 Å². The van der Waals surface area contributed by atoms with E-state index in [-0.39, 0.29) is 5.91 Å². The zero-order valence-electron chi connectivity index (χ0n) is 8.99. The lowest BCUT2D eigenvalue weighted by atomic mass is 10.3. The number of hydrogen-bond donors (Lipinski definition) is 0. The zero-order valence-corrected chi connectivity index (χ0v) is 9.75. The summed E-state index contributed by atoms with van der Waals surface area (Å²) in [4.78, 5) is 13.6. The average molecular weight is 231 g/mol. The van der Waals surface area contributed by atoms with Crippen LogP contribution in [0.3, 0.4) is 0 Å². The van der Waals surface area contributed by atoms with Crippen molar-refractivity contribution >= 4 is 17.5 Å². The van der Waals surface area contributed by atoms with Crippen molar-refractivity contribution in [3.05, 3.63) is 17.5 Å². The summed E-state index contributed by atoms with van der Waals surface area (Å²) in [6.45, 7) is 5.01. The molecule has 1 rings (SSSR count). The minimum Gasteiger partial charge on any atom is -0.361 e.